The maximum absolute atomic E-state index is 12.3. The van der Waals surface area contributed by atoms with Crippen LogP contribution < -0.4 is 20.3 Å². The maximum Gasteiger partial charge on any atom is 0.255 e. The van der Waals surface area contributed by atoms with Crippen LogP contribution >= 0.6 is 0 Å². The van der Waals surface area contributed by atoms with Gasteiger partial charge in [0.2, 0.25) is 0 Å². The zero-order chi connectivity index (χ0) is 15.4. The standard InChI is InChI=1S/C16H20N2O3/c1-17-10-12-5-7-13(18(2)16(12)19)11-6-8-14(20-3)15(9-11)21-4/h5-9,17H,10H2,1-4H3. The Labute approximate surface area is 124 Å². The Morgan fingerprint density at radius 2 is 1.81 bits per heavy atom. The maximum atomic E-state index is 12.3. The van der Waals surface area contributed by atoms with E-state index in [-0.39, 0.29) is 5.56 Å². The zero-order valence-electron chi connectivity index (χ0n) is 12.8. The van der Waals surface area contributed by atoms with Crippen molar-refractivity contribution in [2.24, 2.45) is 7.05 Å². The summed E-state index contributed by atoms with van der Waals surface area (Å²) in [4.78, 5) is 12.3. The van der Waals surface area contributed by atoms with E-state index in [4.69, 9.17) is 9.47 Å². The highest BCUT2D eigenvalue weighted by Gasteiger charge is 2.10. The van der Waals surface area contributed by atoms with E-state index >= 15 is 0 Å². The minimum Gasteiger partial charge on any atom is -0.493 e. The summed E-state index contributed by atoms with van der Waals surface area (Å²) < 4.78 is 12.2. The van der Waals surface area contributed by atoms with Gasteiger partial charge in [0.1, 0.15) is 0 Å². The van der Waals surface area contributed by atoms with Gasteiger partial charge in [-0.15, -0.1) is 0 Å². The third kappa shape index (κ3) is 2.92. The topological polar surface area (TPSA) is 52.5 Å². The zero-order valence-corrected chi connectivity index (χ0v) is 12.8. The molecule has 0 saturated carbocycles. The van der Waals surface area contributed by atoms with Crippen LogP contribution in [0.4, 0.5) is 0 Å². The molecule has 0 fully saturated rings. The molecule has 21 heavy (non-hydrogen) atoms. The molecule has 1 heterocycles. The van der Waals surface area contributed by atoms with E-state index in [1.165, 1.54) is 0 Å². The average Bonchev–Trinajstić information content (AvgIpc) is 2.51. The minimum atomic E-state index is -0.00312. The van der Waals surface area contributed by atoms with Crippen LogP contribution in [0, 0.1) is 0 Å². The van der Waals surface area contributed by atoms with Gasteiger partial charge in [-0.2, -0.15) is 0 Å². The van der Waals surface area contributed by atoms with Crippen molar-refractivity contribution in [1.82, 2.24) is 9.88 Å². The van der Waals surface area contributed by atoms with Crippen molar-refractivity contribution >= 4 is 0 Å². The first-order valence-corrected chi connectivity index (χ1v) is 6.68. The molecule has 0 unspecified atom stereocenters. The molecule has 1 aromatic carbocycles. The summed E-state index contributed by atoms with van der Waals surface area (Å²) in [5, 5.41) is 2.99. The van der Waals surface area contributed by atoms with Gasteiger partial charge in [0.05, 0.1) is 19.9 Å². The first-order chi connectivity index (χ1) is 10.1. The fourth-order valence-corrected chi connectivity index (χ4v) is 2.30. The fourth-order valence-electron chi connectivity index (χ4n) is 2.30. The lowest BCUT2D eigenvalue weighted by molar-refractivity contribution is 0.355. The van der Waals surface area contributed by atoms with Crippen LogP contribution in [0.2, 0.25) is 0 Å². The van der Waals surface area contributed by atoms with E-state index in [9.17, 15) is 4.79 Å². The molecule has 2 aromatic rings. The molecule has 0 bridgehead atoms. The first-order valence-electron chi connectivity index (χ1n) is 6.68. The van der Waals surface area contributed by atoms with Crippen molar-refractivity contribution in [1.29, 1.82) is 0 Å². The third-order valence-corrected chi connectivity index (χ3v) is 3.43. The Balaban J connectivity index is 2.52. The average molecular weight is 288 g/mol. The van der Waals surface area contributed by atoms with Crippen molar-refractivity contribution in [2.75, 3.05) is 21.3 Å². The van der Waals surface area contributed by atoms with E-state index in [2.05, 4.69) is 5.32 Å². The molecule has 0 spiro atoms. The molecule has 112 valence electrons. The van der Waals surface area contributed by atoms with Crippen LogP contribution in [0.25, 0.3) is 11.3 Å². The van der Waals surface area contributed by atoms with Crippen molar-refractivity contribution < 1.29 is 9.47 Å². The van der Waals surface area contributed by atoms with E-state index in [0.717, 1.165) is 16.8 Å². The van der Waals surface area contributed by atoms with Crippen LogP contribution in [-0.4, -0.2) is 25.8 Å². The highest BCUT2D eigenvalue weighted by molar-refractivity contribution is 5.64. The summed E-state index contributed by atoms with van der Waals surface area (Å²) in [6.45, 7) is 0.554. The molecule has 5 heteroatoms. The van der Waals surface area contributed by atoms with Gasteiger partial charge in [-0.25, -0.2) is 0 Å². The molecule has 1 aromatic heterocycles. The Morgan fingerprint density at radius 3 is 2.43 bits per heavy atom. The second-order valence-electron chi connectivity index (χ2n) is 4.71. The number of ether oxygens (including phenoxy) is 2. The van der Waals surface area contributed by atoms with Crippen LogP contribution in [0.3, 0.4) is 0 Å². The van der Waals surface area contributed by atoms with Gasteiger partial charge < -0.3 is 19.4 Å². The van der Waals surface area contributed by atoms with Gasteiger partial charge in [-0.05, 0) is 31.3 Å². The number of benzene rings is 1. The number of nitrogens with zero attached hydrogens (tertiary/aromatic N) is 1. The van der Waals surface area contributed by atoms with Crippen molar-refractivity contribution in [3.63, 3.8) is 0 Å². The summed E-state index contributed by atoms with van der Waals surface area (Å²) in [6, 6.07) is 9.40. The molecule has 0 atom stereocenters. The van der Waals surface area contributed by atoms with E-state index in [1.807, 2.05) is 37.4 Å². The number of methoxy groups -OCH3 is 2. The van der Waals surface area contributed by atoms with Gasteiger partial charge in [-0.3, -0.25) is 4.79 Å². The van der Waals surface area contributed by atoms with Crippen LogP contribution in [0.5, 0.6) is 11.5 Å². The monoisotopic (exact) mass is 288 g/mol. The van der Waals surface area contributed by atoms with Gasteiger partial charge in [0.15, 0.2) is 11.5 Å². The van der Waals surface area contributed by atoms with Gasteiger partial charge in [0, 0.05) is 24.7 Å². The number of aromatic nitrogens is 1. The highest BCUT2D eigenvalue weighted by Crippen LogP contribution is 2.31. The second kappa shape index (κ2) is 6.45. The van der Waals surface area contributed by atoms with Crippen LogP contribution in [0.1, 0.15) is 5.56 Å². The minimum absolute atomic E-state index is 0.00312. The molecular weight excluding hydrogens is 268 g/mol. The predicted octanol–water partition coefficient (Wildman–Crippen LogP) is 1.79. The number of hydrogen-bond acceptors (Lipinski definition) is 4. The summed E-state index contributed by atoms with van der Waals surface area (Å²) in [5.41, 5.74) is 2.48. The normalized spacial score (nSPS) is 10.5. The van der Waals surface area contributed by atoms with E-state index in [0.29, 0.717) is 18.0 Å². The van der Waals surface area contributed by atoms with Gasteiger partial charge in [-0.1, -0.05) is 6.07 Å². The van der Waals surface area contributed by atoms with Gasteiger partial charge in [0.25, 0.3) is 5.56 Å². The van der Waals surface area contributed by atoms with Crippen molar-refractivity contribution in [3.05, 3.63) is 46.2 Å². The molecule has 2 rings (SSSR count). The van der Waals surface area contributed by atoms with Crippen LogP contribution in [-0.2, 0) is 13.6 Å². The number of pyridine rings is 1. The molecule has 0 aliphatic rings. The smallest absolute Gasteiger partial charge is 0.255 e. The highest BCUT2D eigenvalue weighted by atomic mass is 16.5. The van der Waals surface area contributed by atoms with Crippen LogP contribution in [0.15, 0.2) is 35.1 Å². The molecule has 0 aliphatic heterocycles. The number of nitrogens with one attached hydrogen (secondary N) is 1. The quantitative estimate of drug-likeness (QED) is 0.911. The third-order valence-electron chi connectivity index (χ3n) is 3.43. The lowest BCUT2D eigenvalue weighted by Gasteiger charge is -2.13. The van der Waals surface area contributed by atoms with E-state index < -0.39 is 0 Å². The summed E-state index contributed by atoms with van der Waals surface area (Å²) in [7, 11) is 6.78. The number of hydrogen-bond donors (Lipinski definition) is 1. The molecule has 0 amide bonds. The summed E-state index contributed by atoms with van der Waals surface area (Å²) in [5.74, 6) is 1.31. The fraction of sp³-hybridized carbons (Fsp3) is 0.312. The Kier molecular flexibility index (Phi) is 4.65. The Hall–Kier alpha value is -2.27. The molecule has 0 saturated heterocycles. The molecule has 0 radical (unpaired) electrons. The SMILES string of the molecule is CNCc1ccc(-c2ccc(OC)c(OC)c2)n(C)c1=O. The summed E-state index contributed by atoms with van der Waals surface area (Å²) in [6.07, 6.45) is 0. The summed E-state index contributed by atoms with van der Waals surface area (Å²) >= 11 is 0. The van der Waals surface area contributed by atoms with Gasteiger partial charge >= 0.3 is 0 Å². The van der Waals surface area contributed by atoms with E-state index in [1.54, 1.807) is 25.8 Å². The predicted molar refractivity (Wildman–Crippen MR) is 83.0 cm³/mol. The Bertz CT molecular complexity index is 692. The molecular formula is C16H20N2O3. The molecule has 1 N–H and O–H groups in total. The second-order valence-corrected chi connectivity index (χ2v) is 4.71. The Morgan fingerprint density at radius 1 is 1.10 bits per heavy atom. The van der Waals surface area contributed by atoms with Crippen molar-refractivity contribution in [2.45, 2.75) is 6.54 Å². The molecule has 5 nitrogen and oxygen atoms in total. The molecule has 0 aliphatic carbocycles. The largest absolute Gasteiger partial charge is 0.493 e. The lowest BCUT2D eigenvalue weighted by Crippen LogP contribution is -2.25. The lowest BCUT2D eigenvalue weighted by atomic mass is 10.1. The number of rotatable bonds is 5. The van der Waals surface area contributed by atoms with Crippen molar-refractivity contribution in [3.8, 4) is 22.8 Å². The first kappa shape index (κ1) is 15.1.